The number of hydrogen-bond donors (Lipinski definition) is 3. The lowest BCUT2D eigenvalue weighted by Gasteiger charge is -2.20. The van der Waals surface area contributed by atoms with Crippen molar-refractivity contribution >= 4 is 23.6 Å². The summed E-state index contributed by atoms with van der Waals surface area (Å²) in [4.78, 5) is 22.8. The molecule has 0 heterocycles. The highest BCUT2D eigenvalue weighted by molar-refractivity contribution is 6.30. The Labute approximate surface area is 127 Å². The van der Waals surface area contributed by atoms with Crippen molar-refractivity contribution < 1.29 is 19.1 Å². The third kappa shape index (κ3) is 5.23. The Bertz CT molecular complexity index is 525. The molecule has 21 heavy (non-hydrogen) atoms. The van der Waals surface area contributed by atoms with Crippen LogP contribution in [0.15, 0.2) is 18.2 Å². The van der Waals surface area contributed by atoms with E-state index in [9.17, 15) is 14.0 Å². The number of halogens is 2. The zero-order valence-electron chi connectivity index (χ0n) is 11.8. The molecular weight excluding hydrogens is 299 g/mol. The van der Waals surface area contributed by atoms with Crippen LogP contribution in [-0.4, -0.2) is 23.1 Å². The highest BCUT2D eigenvalue weighted by atomic mass is 35.5. The van der Waals surface area contributed by atoms with Crippen LogP contribution in [-0.2, 0) is 11.3 Å². The topological polar surface area (TPSA) is 78.4 Å². The Hall–Kier alpha value is -1.82. The average Bonchev–Trinajstić information content (AvgIpc) is 2.44. The van der Waals surface area contributed by atoms with Gasteiger partial charge in [-0.1, -0.05) is 37.9 Å². The SMILES string of the molecule is CC[C@H](C)[C@H](NC(=O)NCc1ccc(F)c(Cl)c1)C(=O)O. The first-order chi connectivity index (χ1) is 9.85. The van der Waals surface area contributed by atoms with Crippen LogP contribution >= 0.6 is 11.6 Å². The lowest BCUT2D eigenvalue weighted by molar-refractivity contribution is -0.140. The first-order valence-electron chi connectivity index (χ1n) is 6.56. The number of carbonyl (C=O) groups excluding carboxylic acids is 1. The first-order valence-corrected chi connectivity index (χ1v) is 6.94. The van der Waals surface area contributed by atoms with Crippen molar-refractivity contribution in [3.63, 3.8) is 0 Å². The molecule has 1 aromatic rings. The van der Waals surface area contributed by atoms with Crippen molar-refractivity contribution in [3.8, 4) is 0 Å². The van der Waals surface area contributed by atoms with E-state index in [1.807, 2.05) is 6.92 Å². The van der Waals surface area contributed by atoms with Gasteiger partial charge in [-0.25, -0.2) is 14.0 Å². The van der Waals surface area contributed by atoms with E-state index in [1.165, 1.54) is 18.2 Å². The molecule has 1 aromatic carbocycles. The Morgan fingerprint density at radius 1 is 1.43 bits per heavy atom. The standard InChI is InChI=1S/C14H18ClFN2O3/c1-3-8(2)12(13(19)20)18-14(21)17-7-9-4-5-11(16)10(15)6-9/h4-6,8,12H,3,7H2,1-2H3,(H,19,20)(H2,17,18,21)/t8-,12-/m0/s1. The number of carboxylic acids is 1. The molecule has 116 valence electrons. The monoisotopic (exact) mass is 316 g/mol. The fourth-order valence-corrected chi connectivity index (χ4v) is 1.91. The molecule has 0 saturated carbocycles. The van der Waals surface area contributed by atoms with Crippen LogP contribution in [0, 0.1) is 11.7 Å². The third-order valence-electron chi connectivity index (χ3n) is 3.20. The number of carbonyl (C=O) groups is 2. The lowest BCUT2D eigenvalue weighted by Crippen LogP contribution is -2.48. The van der Waals surface area contributed by atoms with Crippen molar-refractivity contribution in [2.45, 2.75) is 32.9 Å². The summed E-state index contributed by atoms with van der Waals surface area (Å²) < 4.78 is 13.0. The fraction of sp³-hybridized carbons (Fsp3) is 0.429. The molecule has 0 fully saturated rings. The lowest BCUT2D eigenvalue weighted by atomic mass is 9.99. The van der Waals surface area contributed by atoms with E-state index in [-0.39, 0.29) is 17.5 Å². The van der Waals surface area contributed by atoms with Crippen LogP contribution in [0.1, 0.15) is 25.8 Å². The van der Waals surface area contributed by atoms with Gasteiger partial charge in [0.25, 0.3) is 0 Å². The summed E-state index contributed by atoms with van der Waals surface area (Å²) in [6, 6.07) is 2.55. The minimum atomic E-state index is -1.08. The number of nitrogens with one attached hydrogen (secondary N) is 2. The van der Waals surface area contributed by atoms with Gasteiger partial charge in [0.1, 0.15) is 11.9 Å². The van der Waals surface area contributed by atoms with Crippen molar-refractivity contribution in [2.24, 2.45) is 5.92 Å². The van der Waals surface area contributed by atoms with Crippen molar-refractivity contribution in [3.05, 3.63) is 34.6 Å². The van der Waals surface area contributed by atoms with Gasteiger partial charge in [-0.15, -0.1) is 0 Å². The highest BCUT2D eigenvalue weighted by Crippen LogP contribution is 2.15. The average molecular weight is 317 g/mol. The van der Waals surface area contributed by atoms with E-state index in [4.69, 9.17) is 16.7 Å². The zero-order chi connectivity index (χ0) is 16.0. The molecule has 0 aliphatic heterocycles. The number of urea groups is 1. The molecule has 0 saturated heterocycles. The minimum Gasteiger partial charge on any atom is -0.480 e. The van der Waals surface area contributed by atoms with Crippen molar-refractivity contribution in [2.75, 3.05) is 0 Å². The molecule has 0 aromatic heterocycles. The van der Waals surface area contributed by atoms with E-state index in [1.54, 1.807) is 6.92 Å². The number of aliphatic carboxylic acids is 1. The Morgan fingerprint density at radius 3 is 2.62 bits per heavy atom. The predicted octanol–water partition coefficient (Wildman–Crippen LogP) is 2.78. The van der Waals surface area contributed by atoms with Gasteiger partial charge in [0.05, 0.1) is 5.02 Å². The number of amides is 2. The molecule has 5 nitrogen and oxygen atoms in total. The predicted molar refractivity (Wildman–Crippen MR) is 77.7 cm³/mol. The Balaban J connectivity index is 2.56. The van der Waals surface area contributed by atoms with Crippen LogP contribution in [0.5, 0.6) is 0 Å². The Morgan fingerprint density at radius 2 is 2.10 bits per heavy atom. The third-order valence-corrected chi connectivity index (χ3v) is 3.49. The number of benzene rings is 1. The van der Waals surface area contributed by atoms with Crippen molar-refractivity contribution in [1.82, 2.24) is 10.6 Å². The molecule has 2 amide bonds. The summed E-state index contributed by atoms with van der Waals surface area (Å²) in [6.07, 6.45) is 0.630. The second-order valence-electron chi connectivity index (χ2n) is 4.78. The van der Waals surface area contributed by atoms with E-state index in [2.05, 4.69) is 10.6 Å². The maximum Gasteiger partial charge on any atom is 0.326 e. The summed E-state index contributed by atoms with van der Waals surface area (Å²) in [5.74, 6) is -1.80. The van der Waals surface area contributed by atoms with Gasteiger partial charge in [0.15, 0.2) is 0 Å². The summed E-state index contributed by atoms with van der Waals surface area (Å²) in [6.45, 7) is 3.72. The summed E-state index contributed by atoms with van der Waals surface area (Å²) in [5.41, 5.74) is 0.618. The molecule has 3 N–H and O–H groups in total. The number of hydrogen-bond acceptors (Lipinski definition) is 2. The van der Waals surface area contributed by atoms with Crippen LogP contribution in [0.2, 0.25) is 5.02 Å². The second-order valence-corrected chi connectivity index (χ2v) is 5.18. The molecular formula is C14H18ClFN2O3. The molecule has 0 radical (unpaired) electrons. The van der Waals surface area contributed by atoms with Gasteiger partial charge >= 0.3 is 12.0 Å². The van der Waals surface area contributed by atoms with Gasteiger partial charge in [-0.3, -0.25) is 0 Å². The maximum absolute atomic E-state index is 13.0. The number of carboxylic acid groups (broad SMARTS) is 1. The normalized spacial score (nSPS) is 13.3. The van der Waals surface area contributed by atoms with Crippen LogP contribution < -0.4 is 10.6 Å². The van der Waals surface area contributed by atoms with E-state index in [0.717, 1.165) is 0 Å². The summed E-state index contributed by atoms with van der Waals surface area (Å²) in [5, 5.41) is 14.0. The maximum atomic E-state index is 13.0. The quantitative estimate of drug-likeness (QED) is 0.755. The zero-order valence-corrected chi connectivity index (χ0v) is 12.6. The highest BCUT2D eigenvalue weighted by Gasteiger charge is 2.25. The molecule has 1 rings (SSSR count). The molecule has 0 unspecified atom stereocenters. The van der Waals surface area contributed by atoms with E-state index in [0.29, 0.717) is 12.0 Å². The second kappa shape index (κ2) is 7.83. The minimum absolute atomic E-state index is 0.0299. The molecule has 0 spiro atoms. The van der Waals surface area contributed by atoms with Gasteiger partial charge in [-0.05, 0) is 23.6 Å². The van der Waals surface area contributed by atoms with Crippen LogP contribution in [0.4, 0.5) is 9.18 Å². The van der Waals surface area contributed by atoms with E-state index < -0.39 is 23.9 Å². The first kappa shape index (κ1) is 17.2. The molecule has 0 aliphatic carbocycles. The largest absolute Gasteiger partial charge is 0.480 e. The molecule has 0 bridgehead atoms. The van der Waals surface area contributed by atoms with Crippen LogP contribution in [0.25, 0.3) is 0 Å². The smallest absolute Gasteiger partial charge is 0.326 e. The van der Waals surface area contributed by atoms with Gasteiger partial charge in [0, 0.05) is 6.54 Å². The van der Waals surface area contributed by atoms with Gasteiger partial charge in [0.2, 0.25) is 0 Å². The van der Waals surface area contributed by atoms with Gasteiger partial charge < -0.3 is 15.7 Å². The number of rotatable bonds is 6. The Kier molecular flexibility index (Phi) is 6.42. The molecule has 0 aliphatic rings. The summed E-state index contributed by atoms with van der Waals surface area (Å²) in [7, 11) is 0. The molecule has 2 atom stereocenters. The van der Waals surface area contributed by atoms with E-state index >= 15 is 0 Å². The van der Waals surface area contributed by atoms with Crippen LogP contribution in [0.3, 0.4) is 0 Å². The molecule has 7 heteroatoms. The fourth-order valence-electron chi connectivity index (χ4n) is 1.71. The summed E-state index contributed by atoms with van der Waals surface area (Å²) >= 11 is 5.63. The van der Waals surface area contributed by atoms with Crippen molar-refractivity contribution in [1.29, 1.82) is 0 Å². The van der Waals surface area contributed by atoms with Gasteiger partial charge in [-0.2, -0.15) is 0 Å².